The monoisotopic (exact) mass is 732 g/mol. The van der Waals surface area contributed by atoms with Crippen LogP contribution in [0.4, 0.5) is 0 Å². The van der Waals surface area contributed by atoms with Crippen LogP contribution in [0.1, 0.15) is 80.6 Å². The van der Waals surface area contributed by atoms with E-state index in [1.54, 1.807) is 33.1 Å². The van der Waals surface area contributed by atoms with Gasteiger partial charge in [0.2, 0.25) is 0 Å². The highest BCUT2D eigenvalue weighted by atomic mass is 16.7. The molecule has 4 fully saturated rings. The van der Waals surface area contributed by atoms with Gasteiger partial charge in [0, 0.05) is 44.6 Å². The van der Waals surface area contributed by atoms with Gasteiger partial charge in [0.25, 0.3) is 0 Å². The number of carbonyl (C=O) groups excluding carboxylic acids is 1. The van der Waals surface area contributed by atoms with E-state index in [1.807, 2.05) is 32.9 Å². The Kier molecular flexibility index (Phi) is 11.9. The average molecular weight is 733 g/mol. The summed E-state index contributed by atoms with van der Waals surface area (Å²) in [6, 6.07) is 0. The minimum absolute atomic E-state index is 0.0260. The van der Waals surface area contributed by atoms with Crippen molar-refractivity contribution >= 4 is 5.97 Å². The van der Waals surface area contributed by atoms with E-state index in [0.717, 1.165) is 5.57 Å². The maximum Gasteiger partial charge on any atom is 0.316 e. The lowest BCUT2D eigenvalue weighted by Gasteiger charge is -2.52. The van der Waals surface area contributed by atoms with Gasteiger partial charge in [-0.15, -0.1) is 0 Å². The average Bonchev–Trinajstić information content (AvgIpc) is 3.43. The van der Waals surface area contributed by atoms with Crippen molar-refractivity contribution in [2.75, 3.05) is 13.7 Å². The lowest BCUT2D eigenvalue weighted by Crippen LogP contribution is -2.60. The van der Waals surface area contributed by atoms with Gasteiger partial charge < -0.3 is 53.6 Å². The largest absolute Gasteiger partial charge is 0.462 e. The molecule has 1 aliphatic carbocycles. The van der Waals surface area contributed by atoms with Crippen LogP contribution in [0.2, 0.25) is 0 Å². The first-order valence-electron chi connectivity index (χ1n) is 19.1. The quantitative estimate of drug-likeness (QED) is 0.246. The second kappa shape index (κ2) is 15.6. The second-order valence-electron chi connectivity index (χ2n) is 16.4. The lowest BCUT2D eigenvalue weighted by molar-refractivity contribution is -0.353. The Balaban J connectivity index is 1.39. The molecule has 52 heavy (non-hydrogen) atoms. The SMILES string of the molecule is CO[C@H]1C[C@H](O[C@@H]2/C(C)=C/C[C@@H]3C[C@@H](CC4(C[C@H](O)[C@H](C)[C@@H](C(C)C)O4)O3)OC(=O)[C@@H]3C=C(C)[C@@H](O)[C@H]4OC/C(=C\C=C\[C@@H]2C)[C@]43O)O[C@@H](C)[C@@H]1O. The zero-order valence-corrected chi connectivity index (χ0v) is 31.8. The Bertz CT molecular complexity index is 1420. The molecule has 1 spiro atoms. The molecular formula is C40H60O12. The summed E-state index contributed by atoms with van der Waals surface area (Å²) in [7, 11) is 1.57. The van der Waals surface area contributed by atoms with Crippen molar-refractivity contribution in [2.45, 2.75) is 159 Å². The molecule has 0 radical (unpaired) electrons. The predicted molar refractivity (Wildman–Crippen MR) is 190 cm³/mol. The van der Waals surface area contributed by atoms with Crippen LogP contribution in [-0.2, 0) is 38.0 Å². The molecule has 292 valence electrons. The fraction of sp³-hybridized carbons (Fsp3) is 0.775. The highest BCUT2D eigenvalue weighted by molar-refractivity contribution is 5.78. The number of methoxy groups -OCH3 is 1. The maximum atomic E-state index is 14.2. The Morgan fingerprint density at radius 3 is 2.46 bits per heavy atom. The molecule has 0 amide bonds. The second-order valence-corrected chi connectivity index (χ2v) is 16.4. The van der Waals surface area contributed by atoms with E-state index in [4.69, 9.17) is 33.2 Å². The van der Waals surface area contributed by atoms with Crippen molar-refractivity contribution in [3.63, 3.8) is 0 Å². The molecule has 5 aliphatic heterocycles. The number of hydrogen-bond donors (Lipinski definition) is 4. The number of aliphatic hydroxyl groups is 4. The highest BCUT2D eigenvalue weighted by Gasteiger charge is 2.60. The van der Waals surface area contributed by atoms with Gasteiger partial charge in [-0.2, -0.15) is 0 Å². The van der Waals surface area contributed by atoms with Crippen molar-refractivity contribution < 1.29 is 58.4 Å². The minimum atomic E-state index is -1.84. The van der Waals surface area contributed by atoms with Crippen LogP contribution in [0, 0.1) is 23.7 Å². The first-order chi connectivity index (χ1) is 24.6. The van der Waals surface area contributed by atoms with Crippen LogP contribution in [-0.4, -0.2) is 119 Å². The van der Waals surface area contributed by atoms with Crippen LogP contribution in [0.25, 0.3) is 0 Å². The van der Waals surface area contributed by atoms with Gasteiger partial charge in [0.1, 0.15) is 35.9 Å². The molecular weight excluding hydrogens is 672 g/mol. The number of fused-ring (bicyclic) bond motifs is 2. The molecule has 12 nitrogen and oxygen atoms in total. The summed E-state index contributed by atoms with van der Waals surface area (Å²) in [6.07, 6.45) is 3.88. The Labute approximate surface area is 307 Å². The van der Waals surface area contributed by atoms with Crippen molar-refractivity contribution in [3.05, 3.63) is 47.1 Å². The number of rotatable bonds is 4. The van der Waals surface area contributed by atoms with Gasteiger partial charge in [-0.3, -0.25) is 4.79 Å². The highest BCUT2D eigenvalue weighted by Crippen LogP contribution is 2.48. The van der Waals surface area contributed by atoms with Gasteiger partial charge in [-0.25, -0.2) is 0 Å². The molecule has 5 heterocycles. The van der Waals surface area contributed by atoms with Crippen molar-refractivity contribution in [1.82, 2.24) is 0 Å². The van der Waals surface area contributed by atoms with E-state index in [2.05, 4.69) is 19.9 Å². The van der Waals surface area contributed by atoms with E-state index >= 15 is 0 Å². The molecule has 16 atom stereocenters. The summed E-state index contributed by atoms with van der Waals surface area (Å²) in [5.41, 5.74) is 0.0696. The third kappa shape index (κ3) is 7.63. The molecule has 12 heteroatoms. The number of esters is 1. The summed E-state index contributed by atoms with van der Waals surface area (Å²) >= 11 is 0. The fourth-order valence-electron chi connectivity index (χ4n) is 9.16. The maximum absolute atomic E-state index is 14.2. The van der Waals surface area contributed by atoms with E-state index in [0.29, 0.717) is 30.4 Å². The van der Waals surface area contributed by atoms with Crippen molar-refractivity contribution in [1.29, 1.82) is 0 Å². The molecule has 1 unspecified atom stereocenters. The minimum Gasteiger partial charge on any atom is -0.462 e. The van der Waals surface area contributed by atoms with E-state index in [-0.39, 0.29) is 43.3 Å². The van der Waals surface area contributed by atoms with Crippen LogP contribution < -0.4 is 0 Å². The summed E-state index contributed by atoms with van der Waals surface area (Å²) in [5, 5.41) is 45.3. The summed E-state index contributed by atoms with van der Waals surface area (Å²) in [5.74, 6) is -3.12. The van der Waals surface area contributed by atoms with Gasteiger partial charge in [-0.1, -0.05) is 58.1 Å². The number of hydrogen-bond acceptors (Lipinski definition) is 12. The molecule has 0 saturated carbocycles. The summed E-state index contributed by atoms with van der Waals surface area (Å²) in [4.78, 5) is 14.2. The zero-order chi connectivity index (χ0) is 37.7. The molecule has 6 rings (SSSR count). The standard InChI is InChI=1S/C40H60O12/c1-20(2)35-24(6)30(41)18-39(52-35)17-28-15-27(51-39)13-12-22(4)36(50-32-16-31(46-8)34(43)25(7)48-32)21(3)10-9-11-26-19-47-37-33(42)23(5)14-29(38(44)49-28)40(26,37)45/h9-12,14,20-21,24-25,27-37,41-43,45H,13,15-19H2,1-8H3/b10-9+,22-12+,26-11+/t21-,24-,25-,27+,28-,29-,30-,31-,32-,33+,34-,35+,36-,37+,39?,40+/m0/s1. The first kappa shape index (κ1) is 39.7. The van der Waals surface area contributed by atoms with E-state index < -0.39 is 84.5 Å². The predicted octanol–water partition coefficient (Wildman–Crippen LogP) is 3.65. The molecule has 0 aromatic carbocycles. The third-order valence-electron chi connectivity index (χ3n) is 12.3. The zero-order valence-electron chi connectivity index (χ0n) is 31.8. The molecule has 4 N–H and O–H groups in total. The smallest absolute Gasteiger partial charge is 0.316 e. The third-order valence-corrected chi connectivity index (χ3v) is 12.3. The van der Waals surface area contributed by atoms with Crippen molar-refractivity contribution in [3.8, 4) is 0 Å². The number of allylic oxidation sites excluding steroid dienone is 2. The molecule has 6 aliphatic rings. The normalized spacial score (nSPS) is 50.0. The molecule has 0 aromatic rings. The van der Waals surface area contributed by atoms with Gasteiger partial charge in [0.05, 0.1) is 43.2 Å². The van der Waals surface area contributed by atoms with Crippen LogP contribution in [0.3, 0.4) is 0 Å². The van der Waals surface area contributed by atoms with Crippen LogP contribution >= 0.6 is 0 Å². The topological polar surface area (TPSA) is 163 Å². The summed E-state index contributed by atoms with van der Waals surface area (Å²) < 4.78 is 44.1. The molecule has 2 bridgehead atoms. The number of carbonyl (C=O) groups is 1. The molecule has 4 saturated heterocycles. The first-order valence-corrected chi connectivity index (χ1v) is 19.1. The lowest BCUT2D eigenvalue weighted by atomic mass is 9.71. The van der Waals surface area contributed by atoms with Gasteiger partial charge >= 0.3 is 5.97 Å². The Morgan fingerprint density at radius 2 is 1.75 bits per heavy atom. The van der Waals surface area contributed by atoms with E-state index in [1.165, 1.54) is 0 Å². The number of ether oxygens (including phenoxy) is 7. The Morgan fingerprint density at radius 1 is 1.00 bits per heavy atom. The number of aliphatic hydroxyl groups excluding tert-OH is 3. The Hall–Kier alpha value is -1.97. The van der Waals surface area contributed by atoms with Crippen LogP contribution in [0.5, 0.6) is 0 Å². The van der Waals surface area contributed by atoms with Crippen molar-refractivity contribution in [2.24, 2.45) is 23.7 Å². The van der Waals surface area contributed by atoms with Gasteiger partial charge in [0.15, 0.2) is 12.1 Å². The molecule has 0 aromatic heterocycles. The van der Waals surface area contributed by atoms with Gasteiger partial charge in [-0.05, 0) is 49.8 Å². The van der Waals surface area contributed by atoms with Crippen LogP contribution in [0.15, 0.2) is 47.1 Å². The fourth-order valence-corrected chi connectivity index (χ4v) is 9.16. The van der Waals surface area contributed by atoms with E-state index in [9.17, 15) is 25.2 Å². The summed E-state index contributed by atoms with van der Waals surface area (Å²) in [6.45, 7) is 13.7.